The smallest absolute Gasteiger partial charge is 0.263 e. The van der Waals surface area contributed by atoms with Gasteiger partial charge in [-0.1, -0.05) is 12.1 Å². The molecule has 5 rings (SSSR count). The number of Topliss-reactive ketones (excluding diaryl/α,β-unsaturated/α-hetero) is 1. The Kier molecular flexibility index (Phi) is 5.57. The number of amides is 1. The Hall–Kier alpha value is -3.32. The number of benzene rings is 2. The summed E-state index contributed by atoms with van der Waals surface area (Å²) in [6, 6.07) is 15.8. The van der Waals surface area contributed by atoms with Gasteiger partial charge >= 0.3 is 0 Å². The molecule has 0 aromatic heterocycles. The number of nitrogens with zero attached hydrogens (tertiary/aromatic N) is 2. The highest BCUT2D eigenvalue weighted by Gasteiger charge is 2.40. The SMILES string of the molecule is CCN1C2=C(C(=O)Nc3ccc(OC[C@@H]4CCCN4)cc3)C(=O)CCN2c2ccccc21. The monoisotopic (exact) mass is 432 g/mol. The summed E-state index contributed by atoms with van der Waals surface area (Å²) in [5.74, 6) is 0.960. The molecule has 2 aromatic carbocycles. The molecule has 7 nitrogen and oxygen atoms in total. The van der Waals surface area contributed by atoms with Crippen LogP contribution >= 0.6 is 0 Å². The van der Waals surface area contributed by atoms with Gasteiger partial charge in [0.15, 0.2) is 5.78 Å². The lowest BCUT2D eigenvalue weighted by atomic mass is 10.0. The van der Waals surface area contributed by atoms with E-state index in [1.165, 1.54) is 6.42 Å². The Morgan fingerprint density at radius 2 is 1.94 bits per heavy atom. The van der Waals surface area contributed by atoms with Crippen LogP contribution in [0.5, 0.6) is 5.75 Å². The molecule has 1 amide bonds. The Balaban J connectivity index is 1.34. The Labute approximate surface area is 188 Å². The molecule has 0 spiro atoms. The minimum atomic E-state index is -0.371. The van der Waals surface area contributed by atoms with Gasteiger partial charge in [-0.05, 0) is 62.7 Å². The molecule has 7 heteroatoms. The van der Waals surface area contributed by atoms with E-state index >= 15 is 0 Å². The number of rotatable bonds is 6. The predicted octanol–water partition coefficient (Wildman–Crippen LogP) is 3.29. The zero-order chi connectivity index (χ0) is 22.1. The molecule has 0 saturated carbocycles. The highest BCUT2D eigenvalue weighted by molar-refractivity contribution is 6.25. The largest absolute Gasteiger partial charge is 0.492 e. The van der Waals surface area contributed by atoms with E-state index in [1.54, 1.807) is 0 Å². The van der Waals surface area contributed by atoms with Crippen LogP contribution in [0, 0.1) is 0 Å². The Morgan fingerprint density at radius 1 is 1.16 bits per heavy atom. The van der Waals surface area contributed by atoms with Crippen LogP contribution in [0.1, 0.15) is 26.2 Å². The minimum Gasteiger partial charge on any atom is -0.492 e. The van der Waals surface area contributed by atoms with Gasteiger partial charge in [0.1, 0.15) is 23.8 Å². The first-order valence-corrected chi connectivity index (χ1v) is 11.3. The van der Waals surface area contributed by atoms with Gasteiger partial charge in [0.2, 0.25) is 0 Å². The summed E-state index contributed by atoms with van der Waals surface area (Å²) in [7, 11) is 0. The average molecular weight is 433 g/mol. The maximum Gasteiger partial charge on any atom is 0.263 e. The first-order chi connectivity index (χ1) is 15.7. The van der Waals surface area contributed by atoms with Crippen LogP contribution in [-0.2, 0) is 9.59 Å². The molecule has 2 aromatic rings. The van der Waals surface area contributed by atoms with Gasteiger partial charge in [0, 0.05) is 31.2 Å². The molecule has 1 saturated heterocycles. The van der Waals surface area contributed by atoms with Crippen molar-refractivity contribution in [1.82, 2.24) is 5.32 Å². The first-order valence-electron chi connectivity index (χ1n) is 11.3. The third-order valence-electron chi connectivity index (χ3n) is 6.31. The van der Waals surface area contributed by atoms with E-state index in [9.17, 15) is 9.59 Å². The van der Waals surface area contributed by atoms with Crippen molar-refractivity contribution in [2.24, 2.45) is 0 Å². The molecule has 32 heavy (non-hydrogen) atoms. The number of hydrogen-bond acceptors (Lipinski definition) is 6. The van der Waals surface area contributed by atoms with E-state index in [0.717, 1.165) is 30.1 Å². The van der Waals surface area contributed by atoms with Crippen molar-refractivity contribution < 1.29 is 14.3 Å². The molecule has 3 aliphatic heterocycles. The van der Waals surface area contributed by atoms with E-state index in [1.807, 2.05) is 55.5 Å². The number of para-hydroxylation sites is 2. The zero-order valence-electron chi connectivity index (χ0n) is 18.3. The molecular weight excluding hydrogens is 404 g/mol. The second kappa shape index (κ2) is 8.67. The molecule has 0 radical (unpaired) electrons. The number of hydrogen-bond donors (Lipinski definition) is 2. The van der Waals surface area contributed by atoms with E-state index < -0.39 is 0 Å². The van der Waals surface area contributed by atoms with Crippen LogP contribution in [0.15, 0.2) is 59.9 Å². The second-order valence-electron chi connectivity index (χ2n) is 8.34. The highest BCUT2D eigenvalue weighted by atomic mass is 16.5. The number of fused-ring (bicyclic) bond motifs is 3. The van der Waals surface area contributed by atoms with Crippen LogP contribution in [0.25, 0.3) is 0 Å². The fourth-order valence-corrected chi connectivity index (χ4v) is 4.73. The summed E-state index contributed by atoms with van der Waals surface area (Å²) in [6.45, 7) is 4.98. The molecule has 3 aliphatic rings. The van der Waals surface area contributed by atoms with Crippen molar-refractivity contribution in [3.63, 3.8) is 0 Å². The number of nitrogens with one attached hydrogen (secondary N) is 2. The summed E-state index contributed by atoms with van der Waals surface area (Å²) in [4.78, 5) is 30.2. The van der Waals surface area contributed by atoms with Crippen molar-refractivity contribution in [3.8, 4) is 5.75 Å². The Bertz CT molecular complexity index is 1040. The summed E-state index contributed by atoms with van der Waals surface area (Å²) >= 11 is 0. The molecule has 0 bridgehead atoms. The molecular formula is C25H28N4O3. The number of carbonyl (C=O) groups excluding carboxylic acids is 2. The summed E-state index contributed by atoms with van der Waals surface area (Å²) < 4.78 is 5.85. The van der Waals surface area contributed by atoms with Crippen molar-refractivity contribution in [1.29, 1.82) is 0 Å². The normalized spacial score (nSPS) is 19.8. The van der Waals surface area contributed by atoms with Crippen molar-refractivity contribution >= 4 is 28.8 Å². The lowest BCUT2D eigenvalue weighted by Crippen LogP contribution is -2.40. The Morgan fingerprint density at radius 3 is 2.66 bits per heavy atom. The van der Waals surface area contributed by atoms with Crippen LogP contribution in [0.4, 0.5) is 17.1 Å². The van der Waals surface area contributed by atoms with Gasteiger partial charge in [0.05, 0.1) is 11.4 Å². The van der Waals surface area contributed by atoms with E-state index in [-0.39, 0.29) is 17.3 Å². The van der Waals surface area contributed by atoms with Crippen molar-refractivity contribution in [2.75, 3.05) is 41.4 Å². The fourth-order valence-electron chi connectivity index (χ4n) is 4.73. The fraction of sp³-hybridized carbons (Fsp3) is 0.360. The third-order valence-corrected chi connectivity index (χ3v) is 6.31. The maximum atomic E-state index is 13.2. The van der Waals surface area contributed by atoms with Gasteiger partial charge in [-0.2, -0.15) is 0 Å². The van der Waals surface area contributed by atoms with Gasteiger partial charge in [-0.15, -0.1) is 0 Å². The highest BCUT2D eigenvalue weighted by Crippen LogP contribution is 2.44. The van der Waals surface area contributed by atoms with Crippen molar-refractivity contribution in [2.45, 2.75) is 32.2 Å². The molecule has 1 fully saturated rings. The topological polar surface area (TPSA) is 73.9 Å². The minimum absolute atomic E-state index is 0.121. The predicted molar refractivity (Wildman–Crippen MR) is 125 cm³/mol. The number of anilines is 3. The standard InChI is InChI=1S/C25H28N4O3/c1-2-28-20-7-3-4-8-21(20)29-15-13-22(30)23(25(28)29)24(31)27-17-9-11-19(12-10-17)32-16-18-6-5-14-26-18/h3-4,7-12,18,26H,2,5-6,13-16H2,1H3,(H,27,31)/t18-/m0/s1. The van der Waals surface area contributed by atoms with E-state index in [4.69, 9.17) is 4.74 Å². The van der Waals surface area contributed by atoms with Crippen LogP contribution in [-0.4, -0.2) is 44.0 Å². The van der Waals surface area contributed by atoms with Crippen LogP contribution < -0.4 is 25.2 Å². The summed E-state index contributed by atoms with van der Waals surface area (Å²) in [5, 5.41) is 6.32. The molecule has 166 valence electrons. The zero-order valence-corrected chi connectivity index (χ0v) is 18.3. The number of carbonyl (C=O) groups is 2. The van der Waals surface area contributed by atoms with E-state index in [2.05, 4.69) is 20.4 Å². The van der Waals surface area contributed by atoms with E-state index in [0.29, 0.717) is 43.7 Å². The van der Waals surface area contributed by atoms with Crippen molar-refractivity contribution in [3.05, 3.63) is 59.9 Å². The molecule has 2 N–H and O–H groups in total. The molecule has 0 unspecified atom stereocenters. The molecule has 3 heterocycles. The third kappa shape index (κ3) is 3.73. The summed E-state index contributed by atoms with van der Waals surface area (Å²) in [6.07, 6.45) is 2.64. The van der Waals surface area contributed by atoms with Crippen LogP contribution in [0.3, 0.4) is 0 Å². The second-order valence-corrected chi connectivity index (χ2v) is 8.34. The van der Waals surface area contributed by atoms with Gasteiger partial charge in [0.25, 0.3) is 5.91 Å². The molecule has 0 aliphatic carbocycles. The summed E-state index contributed by atoms with van der Waals surface area (Å²) in [5.41, 5.74) is 2.93. The van der Waals surface area contributed by atoms with Gasteiger partial charge in [-0.3, -0.25) is 9.59 Å². The average Bonchev–Trinajstić information content (AvgIpc) is 3.44. The number of ether oxygens (including phenoxy) is 1. The lowest BCUT2D eigenvalue weighted by molar-refractivity contribution is -0.120. The number of ketones is 1. The molecule has 1 atom stereocenters. The lowest BCUT2D eigenvalue weighted by Gasteiger charge is -2.30. The van der Waals surface area contributed by atoms with Gasteiger partial charge in [-0.25, -0.2) is 0 Å². The quantitative estimate of drug-likeness (QED) is 0.683. The van der Waals surface area contributed by atoms with Crippen LogP contribution in [0.2, 0.25) is 0 Å². The maximum absolute atomic E-state index is 13.2. The first kappa shape index (κ1) is 20.6. The van der Waals surface area contributed by atoms with Gasteiger partial charge < -0.3 is 25.2 Å².